The highest BCUT2D eigenvalue weighted by atomic mass is 16.6. The van der Waals surface area contributed by atoms with Gasteiger partial charge in [-0.05, 0) is 50.0 Å². The quantitative estimate of drug-likeness (QED) is 0.276. The van der Waals surface area contributed by atoms with E-state index in [0.29, 0.717) is 51.7 Å². The minimum absolute atomic E-state index is 0.106. The summed E-state index contributed by atoms with van der Waals surface area (Å²) in [6, 6.07) is 6.14. The lowest BCUT2D eigenvalue weighted by atomic mass is 9.95. The monoisotopic (exact) mass is 568 g/mol. The fourth-order valence-electron chi connectivity index (χ4n) is 5.72. The largest absolute Gasteiger partial charge is 0.365 e. The molecule has 0 aliphatic carbocycles. The van der Waals surface area contributed by atoms with Crippen LogP contribution in [0.4, 0.5) is 0 Å². The van der Waals surface area contributed by atoms with E-state index in [-0.39, 0.29) is 36.0 Å². The second-order valence-electron chi connectivity index (χ2n) is 11.9. The third-order valence-electron chi connectivity index (χ3n) is 8.07. The molecule has 5 atom stereocenters. The molecule has 41 heavy (non-hydrogen) atoms. The van der Waals surface area contributed by atoms with Crippen molar-refractivity contribution in [3.63, 3.8) is 0 Å². The highest BCUT2D eigenvalue weighted by molar-refractivity contribution is 5.97. The fourth-order valence-corrected chi connectivity index (χ4v) is 5.72. The van der Waals surface area contributed by atoms with Crippen molar-refractivity contribution in [2.75, 3.05) is 13.2 Å². The Bertz CT molecular complexity index is 1090. The standard InChI is InChI=1S/C31H44N4O6/c1-20(2)17-24-31(40)35-16-10-9-14-25(35)30(39)32-22(13-7-4-8-15-26(36)27-19-41-27)28(37)33-23(29(38)34-24)18-21-11-5-3-6-12-21/h3,5-6,11-12,20,22-25,27H,4,7-10,13-19H2,1-2H3,(H,32,39)(H,33,37)(H,34,38)/t22-,23-,24+,25+,27+/m1/s1. The van der Waals surface area contributed by atoms with E-state index in [4.69, 9.17) is 4.74 Å². The minimum Gasteiger partial charge on any atom is -0.365 e. The number of epoxide rings is 1. The van der Waals surface area contributed by atoms with Crippen LogP contribution in [0.3, 0.4) is 0 Å². The number of hydrogen-bond acceptors (Lipinski definition) is 6. The Balaban J connectivity index is 1.54. The third kappa shape index (κ3) is 8.86. The van der Waals surface area contributed by atoms with Crippen LogP contribution in [-0.4, -0.2) is 77.7 Å². The molecule has 3 saturated heterocycles. The molecule has 0 aromatic heterocycles. The van der Waals surface area contributed by atoms with Crippen LogP contribution in [-0.2, 0) is 35.1 Å². The van der Waals surface area contributed by atoms with Gasteiger partial charge in [-0.3, -0.25) is 24.0 Å². The molecule has 3 N–H and O–H groups in total. The Morgan fingerprint density at radius 2 is 1.59 bits per heavy atom. The van der Waals surface area contributed by atoms with Crippen LogP contribution in [0, 0.1) is 5.92 Å². The lowest BCUT2D eigenvalue weighted by molar-refractivity contribution is -0.147. The molecule has 3 aliphatic rings. The number of benzene rings is 1. The van der Waals surface area contributed by atoms with Crippen LogP contribution in [0.25, 0.3) is 0 Å². The van der Waals surface area contributed by atoms with Crippen LogP contribution in [0.1, 0.15) is 77.2 Å². The van der Waals surface area contributed by atoms with Gasteiger partial charge in [0.25, 0.3) is 0 Å². The molecule has 10 heteroatoms. The smallest absolute Gasteiger partial charge is 0.245 e. The first-order valence-corrected chi connectivity index (χ1v) is 15.1. The molecule has 0 radical (unpaired) electrons. The zero-order chi connectivity index (χ0) is 29.4. The van der Waals surface area contributed by atoms with Crippen molar-refractivity contribution in [3.05, 3.63) is 35.9 Å². The van der Waals surface area contributed by atoms with E-state index in [1.807, 2.05) is 44.2 Å². The molecule has 3 fully saturated rings. The number of rotatable bonds is 11. The predicted molar refractivity (Wildman–Crippen MR) is 153 cm³/mol. The molecule has 1 aromatic rings. The number of ether oxygens (including phenoxy) is 1. The molecular formula is C31H44N4O6. The Morgan fingerprint density at radius 3 is 2.29 bits per heavy atom. The van der Waals surface area contributed by atoms with E-state index >= 15 is 0 Å². The molecule has 224 valence electrons. The van der Waals surface area contributed by atoms with Crippen molar-refractivity contribution >= 4 is 29.4 Å². The SMILES string of the molecule is CC(C)C[C@@H]1NC(=O)[C@@H](Cc2ccccc2)NC(=O)[C@@H](CCCCCC(=O)[C@@H]2CO2)NC(=O)[C@@H]2CCCCN2C1=O. The molecule has 4 rings (SSSR count). The van der Waals surface area contributed by atoms with Crippen LogP contribution in [0.15, 0.2) is 30.3 Å². The van der Waals surface area contributed by atoms with E-state index in [9.17, 15) is 24.0 Å². The van der Waals surface area contributed by atoms with Gasteiger partial charge in [-0.1, -0.05) is 57.0 Å². The van der Waals surface area contributed by atoms with Crippen molar-refractivity contribution in [1.82, 2.24) is 20.9 Å². The first-order valence-electron chi connectivity index (χ1n) is 15.1. The molecule has 0 spiro atoms. The summed E-state index contributed by atoms with van der Waals surface area (Å²) in [6.07, 6.45) is 5.34. The number of nitrogens with one attached hydrogen (secondary N) is 3. The minimum atomic E-state index is -0.917. The van der Waals surface area contributed by atoms with Crippen LogP contribution in [0.5, 0.6) is 0 Å². The van der Waals surface area contributed by atoms with Gasteiger partial charge in [0.05, 0.1) is 6.61 Å². The fraction of sp³-hybridized carbons (Fsp3) is 0.645. The lowest BCUT2D eigenvalue weighted by Crippen LogP contribution is -2.63. The van der Waals surface area contributed by atoms with E-state index in [1.54, 1.807) is 4.90 Å². The van der Waals surface area contributed by atoms with Gasteiger partial charge in [0.1, 0.15) is 30.3 Å². The molecule has 10 nitrogen and oxygen atoms in total. The van der Waals surface area contributed by atoms with Crippen molar-refractivity contribution < 1.29 is 28.7 Å². The number of carbonyl (C=O) groups excluding carboxylic acids is 5. The number of carbonyl (C=O) groups is 5. The highest BCUT2D eigenvalue weighted by Crippen LogP contribution is 2.22. The Labute approximate surface area is 242 Å². The lowest BCUT2D eigenvalue weighted by Gasteiger charge is -2.39. The average Bonchev–Trinajstić information content (AvgIpc) is 3.81. The number of amides is 4. The molecule has 0 bridgehead atoms. The Hall–Kier alpha value is -3.27. The van der Waals surface area contributed by atoms with Gasteiger partial charge in [0, 0.05) is 19.4 Å². The van der Waals surface area contributed by atoms with Gasteiger partial charge in [0.15, 0.2) is 5.78 Å². The molecule has 3 heterocycles. The van der Waals surface area contributed by atoms with Gasteiger partial charge in [-0.25, -0.2) is 0 Å². The van der Waals surface area contributed by atoms with E-state index in [1.165, 1.54) is 0 Å². The Kier molecular flexibility index (Phi) is 10.9. The predicted octanol–water partition coefficient (Wildman–Crippen LogP) is 2.04. The number of nitrogens with zero attached hydrogens (tertiary/aromatic N) is 1. The van der Waals surface area contributed by atoms with E-state index in [2.05, 4.69) is 16.0 Å². The number of unbranched alkanes of at least 4 members (excludes halogenated alkanes) is 2. The van der Waals surface area contributed by atoms with Gasteiger partial charge in [-0.2, -0.15) is 0 Å². The van der Waals surface area contributed by atoms with Gasteiger partial charge >= 0.3 is 0 Å². The summed E-state index contributed by atoms with van der Waals surface area (Å²) in [5.74, 6) is -1.19. The van der Waals surface area contributed by atoms with Gasteiger partial charge in [0.2, 0.25) is 23.6 Å². The average molecular weight is 569 g/mol. The first-order chi connectivity index (χ1) is 19.7. The zero-order valence-corrected chi connectivity index (χ0v) is 24.2. The second-order valence-corrected chi connectivity index (χ2v) is 11.9. The molecule has 3 aliphatic heterocycles. The summed E-state index contributed by atoms with van der Waals surface area (Å²) >= 11 is 0. The van der Waals surface area contributed by atoms with Crippen molar-refractivity contribution in [2.24, 2.45) is 5.92 Å². The number of hydrogen-bond donors (Lipinski definition) is 3. The molecule has 0 unspecified atom stereocenters. The van der Waals surface area contributed by atoms with Crippen LogP contribution < -0.4 is 16.0 Å². The highest BCUT2D eigenvalue weighted by Gasteiger charge is 2.39. The van der Waals surface area contributed by atoms with Crippen LogP contribution >= 0.6 is 0 Å². The maximum atomic E-state index is 13.8. The van der Waals surface area contributed by atoms with E-state index < -0.39 is 36.0 Å². The maximum Gasteiger partial charge on any atom is 0.245 e. The second kappa shape index (κ2) is 14.6. The zero-order valence-electron chi connectivity index (χ0n) is 24.2. The molecule has 4 amide bonds. The van der Waals surface area contributed by atoms with Crippen molar-refractivity contribution in [2.45, 2.75) is 108 Å². The molecular weight excluding hydrogens is 524 g/mol. The normalized spacial score (nSPS) is 27.2. The van der Waals surface area contributed by atoms with Gasteiger partial charge in [-0.15, -0.1) is 0 Å². The third-order valence-corrected chi connectivity index (χ3v) is 8.07. The first kappa shape index (κ1) is 30.7. The summed E-state index contributed by atoms with van der Waals surface area (Å²) in [5, 5.41) is 8.74. The van der Waals surface area contributed by atoms with Crippen molar-refractivity contribution in [3.8, 4) is 0 Å². The molecule has 0 saturated carbocycles. The Morgan fingerprint density at radius 1 is 0.902 bits per heavy atom. The number of fused-ring (bicyclic) bond motifs is 1. The van der Waals surface area contributed by atoms with E-state index in [0.717, 1.165) is 24.8 Å². The summed E-state index contributed by atoms with van der Waals surface area (Å²) in [4.78, 5) is 68.1. The number of piperidine rings is 1. The summed E-state index contributed by atoms with van der Waals surface area (Å²) < 4.78 is 5.04. The van der Waals surface area contributed by atoms with Gasteiger partial charge < -0.3 is 25.6 Å². The summed E-state index contributed by atoms with van der Waals surface area (Å²) in [5.41, 5.74) is 0.868. The molecule has 1 aromatic carbocycles. The summed E-state index contributed by atoms with van der Waals surface area (Å²) in [7, 11) is 0. The maximum absolute atomic E-state index is 13.8. The number of ketones is 1. The van der Waals surface area contributed by atoms with Crippen molar-refractivity contribution in [1.29, 1.82) is 0 Å². The summed E-state index contributed by atoms with van der Waals surface area (Å²) in [6.45, 7) is 4.91. The topological polar surface area (TPSA) is 137 Å². The number of Topliss-reactive ketones (excluding diaryl/α,β-unsaturated/α-hetero) is 1. The van der Waals surface area contributed by atoms with Crippen LogP contribution in [0.2, 0.25) is 0 Å².